The number of fused-ring (bicyclic) bond motifs is 1. The van der Waals surface area contributed by atoms with E-state index in [1.165, 1.54) is 18.2 Å². The first-order chi connectivity index (χ1) is 15.0. The normalized spacial score (nSPS) is 11.0. The molecule has 4 rings (SSSR count). The lowest BCUT2D eigenvalue weighted by molar-refractivity contribution is 0.189. The van der Waals surface area contributed by atoms with Crippen LogP contribution >= 0.6 is 0 Å². The first-order valence-corrected chi connectivity index (χ1v) is 10.7. The number of hydrogen-bond donors (Lipinski definition) is 2. The Kier molecular flexibility index (Phi) is 5.72. The summed E-state index contributed by atoms with van der Waals surface area (Å²) in [4.78, 5) is 17.3. The van der Waals surface area contributed by atoms with Crippen LogP contribution in [0.4, 0.5) is 10.5 Å². The molecule has 0 unspecified atom stereocenters. The van der Waals surface area contributed by atoms with E-state index in [2.05, 4.69) is 10.8 Å². The Labute approximate surface area is 179 Å². The summed E-state index contributed by atoms with van der Waals surface area (Å²) in [6.07, 6.45) is 0. The number of anilines is 1. The summed E-state index contributed by atoms with van der Waals surface area (Å²) in [5.41, 5.74) is 2.59. The van der Waals surface area contributed by atoms with E-state index < -0.39 is 16.1 Å². The molecule has 4 aromatic rings. The maximum Gasteiger partial charge on any atom is 0.352 e. The second-order valence-electron chi connectivity index (χ2n) is 6.51. The van der Waals surface area contributed by atoms with Crippen molar-refractivity contribution in [1.82, 2.24) is 5.48 Å². The average Bonchev–Trinajstić information content (AvgIpc) is 2.78. The van der Waals surface area contributed by atoms with E-state index in [1.807, 2.05) is 24.3 Å². The van der Waals surface area contributed by atoms with Crippen LogP contribution in [0, 0.1) is 0 Å². The Hall–Kier alpha value is -4.04. The average molecular weight is 434 g/mol. The fourth-order valence-electron chi connectivity index (χ4n) is 2.96. The van der Waals surface area contributed by atoms with Crippen LogP contribution < -0.4 is 19.8 Å². The standard InChI is InChI=1S/C23H18N2O5S/c26-23(25-29-19-11-2-1-3-12-19)24-18-10-7-13-20(16-18)30-31(27,28)22-15-6-9-17-8-4-5-14-21(17)22/h1-16H,(H2,24,25,26). The molecule has 0 fully saturated rings. The second kappa shape index (κ2) is 8.76. The zero-order valence-electron chi connectivity index (χ0n) is 16.2. The van der Waals surface area contributed by atoms with Gasteiger partial charge in [-0.25, -0.2) is 4.79 Å². The lowest BCUT2D eigenvalue weighted by atomic mass is 10.1. The lowest BCUT2D eigenvalue weighted by Gasteiger charge is -2.11. The molecule has 2 amide bonds. The molecule has 31 heavy (non-hydrogen) atoms. The second-order valence-corrected chi connectivity index (χ2v) is 8.03. The Morgan fingerprint density at radius 2 is 1.42 bits per heavy atom. The number of benzene rings is 4. The minimum absolute atomic E-state index is 0.0645. The van der Waals surface area contributed by atoms with E-state index in [9.17, 15) is 13.2 Å². The van der Waals surface area contributed by atoms with E-state index in [-0.39, 0.29) is 10.6 Å². The minimum atomic E-state index is -4.08. The van der Waals surface area contributed by atoms with Crippen molar-refractivity contribution in [3.05, 3.63) is 97.1 Å². The fraction of sp³-hybridized carbons (Fsp3) is 0. The molecule has 0 radical (unpaired) electrons. The van der Waals surface area contributed by atoms with Crippen LogP contribution in [0.2, 0.25) is 0 Å². The molecule has 7 nitrogen and oxygen atoms in total. The zero-order chi connectivity index (χ0) is 21.7. The maximum atomic E-state index is 12.9. The van der Waals surface area contributed by atoms with Crippen LogP contribution in [0.3, 0.4) is 0 Å². The first-order valence-electron chi connectivity index (χ1n) is 9.32. The molecule has 0 aliphatic heterocycles. The highest BCUT2D eigenvalue weighted by Crippen LogP contribution is 2.27. The number of para-hydroxylation sites is 1. The van der Waals surface area contributed by atoms with E-state index in [0.29, 0.717) is 16.8 Å². The number of rotatable bonds is 6. The topological polar surface area (TPSA) is 93.7 Å². The van der Waals surface area contributed by atoms with E-state index in [0.717, 1.165) is 5.39 Å². The molecule has 0 bridgehead atoms. The van der Waals surface area contributed by atoms with Gasteiger partial charge in [-0.3, -0.25) is 0 Å². The van der Waals surface area contributed by atoms with Gasteiger partial charge in [0.25, 0.3) is 0 Å². The van der Waals surface area contributed by atoms with Crippen LogP contribution in [-0.4, -0.2) is 14.4 Å². The Morgan fingerprint density at radius 1 is 0.742 bits per heavy atom. The van der Waals surface area contributed by atoms with Crippen molar-refractivity contribution in [1.29, 1.82) is 0 Å². The van der Waals surface area contributed by atoms with Gasteiger partial charge >= 0.3 is 16.1 Å². The summed E-state index contributed by atoms with van der Waals surface area (Å²) in [7, 11) is -4.08. The number of carbonyl (C=O) groups excluding carboxylic acids is 1. The van der Waals surface area contributed by atoms with Gasteiger partial charge in [-0.05, 0) is 35.7 Å². The molecule has 0 spiro atoms. The first kappa shape index (κ1) is 20.2. The zero-order valence-corrected chi connectivity index (χ0v) is 17.0. The highest BCUT2D eigenvalue weighted by Gasteiger charge is 2.20. The molecular weight excluding hydrogens is 416 g/mol. The largest absolute Gasteiger partial charge is 0.379 e. The molecule has 0 aliphatic rings. The van der Waals surface area contributed by atoms with Gasteiger partial charge in [0.05, 0.1) is 0 Å². The number of hydroxylamine groups is 1. The van der Waals surface area contributed by atoms with Gasteiger partial charge in [-0.2, -0.15) is 13.9 Å². The lowest BCUT2D eigenvalue weighted by Crippen LogP contribution is -2.31. The van der Waals surface area contributed by atoms with Gasteiger partial charge in [0.1, 0.15) is 10.6 Å². The highest BCUT2D eigenvalue weighted by atomic mass is 32.2. The predicted octanol–water partition coefficient (Wildman–Crippen LogP) is 4.72. The summed E-state index contributed by atoms with van der Waals surface area (Å²) >= 11 is 0. The van der Waals surface area contributed by atoms with Crippen molar-refractivity contribution in [2.45, 2.75) is 4.90 Å². The third kappa shape index (κ3) is 4.93. The number of hydrogen-bond acceptors (Lipinski definition) is 5. The van der Waals surface area contributed by atoms with Crippen molar-refractivity contribution in [2.75, 3.05) is 5.32 Å². The SMILES string of the molecule is O=C(NOc1ccccc1)Nc1cccc(OS(=O)(=O)c2cccc3ccccc23)c1. The number of urea groups is 1. The molecule has 8 heteroatoms. The summed E-state index contributed by atoms with van der Waals surface area (Å²) in [5.74, 6) is 0.533. The number of amides is 2. The molecule has 0 atom stereocenters. The molecule has 4 aromatic carbocycles. The van der Waals surface area contributed by atoms with Crippen molar-refractivity contribution in [3.63, 3.8) is 0 Å². The van der Waals surface area contributed by atoms with Crippen molar-refractivity contribution < 1.29 is 22.2 Å². The summed E-state index contributed by atoms with van der Waals surface area (Å²) in [5, 5.41) is 3.91. The van der Waals surface area contributed by atoms with Crippen molar-refractivity contribution in [3.8, 4) is 11.5 Å². The molecule has 0 saturated carbocycles. The Balaban J connectivity index is 1.47. The fourth-order valence-corrected chi connectivity index (χ4v) is 4.11. The summed E-state index contributed by atoms with van der Waals surface area (Å²) in [6.45, 7) is 0. The Bertz CT molecular complexity index is 1320. The monoisotopic (exact) mass is 434 g/mol. The molecule has 0 aliphatic carbocycles. The van der Waals surface area contributed by atoms with E-state index >= 15 is 0 Å². The van der Waals surface area contributed by atoms with E-state index in [4.69, 9.17) is 9.02 Å². The van der Waals surface area contributed by atoms with Crippen LogP contribution in [0.25, 0.3) is 10.8 Å². The summed E-state index contributed by atoms with van der Waals surface area (Å²) < 4.78 is 31.0. The maximum absolute atomic E-state index is 12.9. The summed E-state index contributed by atoms with van der Waals surface area (Å²) in [6, 6.07) is 26.3. The third-order valence-electron chi connectivity index (χ3n) is 4.32. The van der Waals surface area contributed by atoms with Gasteiger partial charge in [-0.15, -0.1) is 0 Å². The van der Waals surface area contributed by atoms with Crippen LogP contribution in [0.5, 0.6) is 11.5 Å². The van der Waals surface area contributed by atoms with Gasteiger partial charge in [-0.1, -0.05) is 60.7 Å². The van der Waals surface area contributed by atoms with E-state index in [1.54, 1.807) is 54.6 Å². The van der Waals surface area contributed by atoms with Crippen molar-refractivity contribution in [2.24, 2.45) is 0 Å². The molecule has 0 heterocycles. The minimum Gasteiger partial charge on any atom is -0.379 e. The van der Waals surface area contributed by atoms with Gasteiger partial charge in [0.2, 0.25) is 0 Å². The van der Waals surface area contributed by atoms with Gasteiger partial charge in [0, 0.05) is 17.1 Å². The molecular formula is C23H18N2O5S. The smallest absolute Gasteiger partial charge is 0.352 e. The van der Waals surface area contributed by atoms with Gasteiger partial charge < -0.3 is 14.3 Å². The molecule has 2 N–H and O–H groups in total. The third-order valence-corrected chi connectivity index (χ3v) is 5.63. The highest BCUT2D eigenvalue weighted by molar-refractivity contribution is 7.87. The Morgan fingerprint density at radius 3 is 2.26 bits per heavy atom. The van der Waals surface area contributed by atoms with Gasteiger partial charge in [0.15, 0.2) is 5.75 Å². The molecule has 0 aromatic heterocycles. The quantitative estimate of drug-likeness (QED) is 0.338. The predicted molar refractivity (Wildman–Crippen MR) is 117 cm³/mol. The van der Waals surface area contributed by atoms with Crippen LogP contribution in [0.1, 0.15) is 0 Å². The van der Waals surface area contributed by atoms with Crippen LogP contribution in [0.15, 0.2) is 102 Å². The number of nitrogens with one attached hydrogen (secondary N) is 2. The van der Waals surface area contributed by atoms with Crippen molar-refractivity contribution >= 4 is 32.6 Å². The molecule has 156 valence electrons. The molecule has 0 saturated heterocycles. The van der Waals surface area contributed by atoms with Crippen LogP contribution in [-0.2, 0) is 10.1 Å². The number of carbonyl (C=O) groups is 1.